The van der Waals surface area contributed by atoms with Crippen LogP contribution in [0.4, 0.5) is 11.4 Å². The fourth-order valence-corrected chi connectivity index (χ4v) is 13.7. The molecule has 77 heavy (non-hydrogen) atoms. The molecule has 2 fully saturated rings. The molecule has 2 saturated carbocycles. The number of rotatable bonds is 16. The topological polar surface area (TPSA) is 66.4 Å². The first-order chi connectivity index (χ1) is 37.3. The molecule has 2 unspecified atom stereocenters. The Morgan fingerprint density at radius 3 is 1.25 bits per heavy atom. The monoisotopic (exact) mass is 1060 g/mol. The van der Waals surface area contributed by atoms with Gasteiger partial charge in [0.1, 0.15) is 11.4 Å². The normalized spacial score (nSPS) is 20.1. The molecule has 0 N–H and O–H groups in total. The molecular weight excluding hydrogens is 992 g/mol. The summed E-state index contributed by atoms with van der Waals surface area (Å²) in [5.41, 5.74) is 10.2. The predicted molar refractivity (Wildman–Crippen MR) is 313 cm³/mol. The van der Waals surface area contributed by atoms with E-state index in [9.17, 15) is 9.59 Å². The van der Waals surface area contributed by atoms with Gasteiger partial charge >= 0.3 is 0 Å². The third-order valence-electron chi connectivity index (χ3n) is 17.3. The number of pyridine rings is 2. The second-order valence-corrected chi connectivity index (χ2v) is 22.5. The molecule has 0 spiro atoms. The minimum absolute atomic E-state index is 0. The van der Waals surface area contributed by atoms with Crippen LogP contribution in [0.1, 0.15) is 134 Å². The molecule has 4 heterocycles. The van der Waals surface area contributed by atoms with E-state index < -0.39 is 0 Å². The van der Waals surface area contributed by atoms with Crippen molar-refractivity contribution in [1.82, 2.24) is 9.97 Å². The maximum atomic E-state index is 13.6. The average Bonchev–Trinajstić information content (AvgIpc) is 4.38. The minimum Gasteiger partial charge on any atom is -0.344 e. The summed E-state index contributed by atoms with van der Waals surface area (Å²) >= 11 is 0. The van der Waals surface area contributed by atoms with Gasteiger partial charge in [-0.25, -0.2) is 0 Å². The van der Waals surface area contributed by atoms with E-state index in [-0.39, 0.29) is 39.5 Å². The predicted octanol–water partition coefficient (Wildman–Crippen LogP) is 16.6. The number of carbonyl (C=O) groups is 2. The Morgan fingerprint density at radius 1 is 0.481 bits per heavy atom. The Kier molecular flexibility index (Phi) is 16.8. The summed E-state index contributed by atoms with van der Waals surface area (Å²) in [4.78, 5) is 40.9. The third kappa shape index (κ3) is 11.4. The Hall–Kier alpha value is -6.92. The van der Waals surface area contributed by atoms with Crippen molar-refractivity contribution in [3.63, 3.8) is 0 Å². The summed E-state index contributed by atoms with van der Waals surface area (Å²) < 4.78 is 0. The van der Waals surface area contributed by atoms with Crippen LogP contribution in [0.15, 0.2) is 206 Å². The molecule has 8 aromatic rings. The first-order valence-corrected chi connectivity index (χ1v) is 28.3. The number of ketones is 2. The van der Waals surface area contributed by atoms with Crippen molar-refractivity contribution in [2.75, 3.05) is 22.9 Å². The van der Waals surface area contributed by atoms with E-state index in [0.717, 1.165) is 62.0 Å². The van der Waals surface area contributed by atoms with Gasteiger partial charge in [-0.05, 0) is 144 Å². The number of fused-ring (bicyclic) bond motifs is 6. The number of allylic oxidation sites excluding steroid dienone is 4. The smallest absolute Gasteiger partial charge is 0.205 e. The van der Waals surface area contributed by atoms with Gasteiger partial charge in [0.05, 0.1) is 0 Å². The largest absolute Gasteiger partial charge is 0.344 e. The van der Waals surface area contributed by atoms with Gasteiger partial charge in [0.2, 0.25) is 11.6 Å². The molecule has 6 aromatic carbocycles. The zero-order valence-electron chi connectivity index (χ0n) is 44.9. The van der Waals surface area contributed by atoms with Crippen molar-refractivity contribution in [1.29, 1.82) is 0 Å². The second kappa shape index (κ2) is 24.2. The van der Waals surface area contributed by atoms with Crippen LogP contribution in [-0.2, 0) is 40.7 Å². The third-order valence-corrected chi connectivity index (χ3v) is 17.3. The molecule has 0 bridgehead atoms. The molecule has 1 radical (unpaired) electrons. The van der Waals surface area contributed by atoms with Crippen LogP contribution in [0.5, 0.6) is 0 Å². The van der Waals surface area contributed by atoms with E-state index in [4.69, 9.17) is 0 Å². The number of hydrogen-bond donors (Lipinski definition) is 0. The summed E-state index contributed by atoms with van der Waals surface area (Å²) in [5.74, 6) is 1.65. The summed E-state index contributed by atoms with van der Waals surface area (Å²) in [6.45, 7) is 6.51. The number of aromatic nitrogens is 2. The number of nitrogens with zero attached hydrogens (tertiary/aromatic N) is 4. The summed E-state index contributed by atoms with van der Waals surface area (Å²) in [7, 11) is 0. The van der Waals surface area contributed by atoms with Gasteiger partial charge in [0.15, 0.2) is 0 Å². The Labute approximate surface area is 467 Å². The fourth-order valence-electron chi connectivity index (χ4n) is 13.7. The Morgan fingerprint density at radius 2 is 0.857 bits per heavy atom. The van der Waals surface area contributed by atoms with Gasteiger partial charge in [-0.3, -0.25) is 19.6 Å². The van der Waals surface area contributed by atoms with Gasteiger partial charge in [0, 0.05) is 88.3 Å². The Balaban J connectivity index is 0.000000172. The SMILES string of the molecule is CC1(Cc2ccccc2)/C(=C/C(=O)c2ccccn2)N(CCCC2CCCC2)c2ccc3ccccc3c21.CC1(Cc2ccccc2)/C(=C/C(=O)c2ccccn2)N(CCCC2CCCC2)c2ccc3ccccc3c21.[Cu]. The van der Waals surface area contributed by atoms with Crippen molar-refractivity contribution in [3.05, 3.63) is 239 Å². The maximum absolute atomic E-state index is 13.6. The van der Waals surface area contributed by atoms with E-state index in [1.54, 1.807) is 12.4 Å². The number of carbonyl (C=O) groups excluding carboxylic acids is 2. The van der Waals surface area contributed by atoms with Crippen LogP contribution >= 0.6 is 0 Å². The molecule has 4 aliphatic rings. The molecule has 6 nitrogen and oxygen atoms in total. The van der Waals surface area contributed by atoms with Gasteiger partial charge in [-0.15, -0.1) is 0 Å². The van der Waals surface area contributed by atoms with Gasteiger partial charge in [-0.2, -0.15) is 0 Å². The summed E-state index contributed by atoms with van der Waals surface area (Å²) in [5, 5.41) is 5.04. The van der Waals surface area contributed by atoms with E-state index in [2.05, 4.69) is 167 Å². The number of benzene rings is 6. The first-order valence-electron chi connectivity index (χ1n) is 28.3. The Bertz CT molecular complexity index is 3140. The van der Waals surface area contributed by atoms with Crippen LogP contribution in [0.3, 0.4) is 0 Å². The molecule has 2 aliphatic heterocycles. The van der Waals surface area contributed by atoms with E-state index >= 15 is 0 Å². The molecule has 395 valence electrons. The van der Waals surface area contributed by atoms with Crippen molar-refractivity contribution < 1.29 is 26.7 Å². The van der Waals surface area contributed by atoms with Crippen LogP contribution in [0.25, 0.3) is 21.5 Å². The van der Waals surface area contributed by atoms with Crippen LogP contribution in [0, 0.1) is 11.8 Å². The molecule has 12 rings (SSSR count). The van der Waals surface area contributed by atoms with Crippen molar-refractivity contribution in [2.24, 2.45) is 11.8 Å². The zero-order valence-corrected chi connectivity index (χ0v) is 45.8. The molecule has 2 aliphatic carbocycles. The zero-order chi connectivity index (χ0) is 51.9. The fraction of sp³-hybridized carbons (Fsp3) is 0.314. The molecule has 2 atom stereocenters. The minimum atomic E-state index is -0.352. The molecule has 7 heteroatoms. The van der Waals surface area contributed by atoms with Gasteiger partial charge in [0.25, 0.3) is 0 Å². The van der Waals surface area contributed by atoms with E-state index in [1.807, 2.05) is 48.6 Å². The van der Waals surface area contributed by atoms with E-state index in [1.165, 1.54) is 119 Å². The quantitative estimate of drug-likeness (QED) is 0.0546. The average molecular weight is 1060 g/mol. The van der Waals surface area contributed by atoms with Crippen molar-refractivity contribution in [3.8, 4) is 0 Å². The molecular formula is C70H72CuN4O2. The first kappa shape index (κ1) is 53.5. The van der Waals surface area contributed by atoms with Crippen molar-refractivity contribution >= 4 is 44.5 Å². The summed E-state index contributed by atoms with van der Waals surface area (Å²) in [6.07, 6.45) is 24.6. The standard InChI is InChI=1S/2C35H36N2O.Cu/c2*1-35(25-27-14-3-2-4-15-27)33(24-32(38)30-19-9-10-22-36-30)37(23-11-16-26-12-5-6-13-26)31-21-20-28-17-7-8-18-29(28)34(31)35;/h2*2-4,7-10,14-15,17-22,24,26H,5-6,11-13,16,23,25H2,1H3;/b2*33-24-;. The summed E-state index contributed by atoms with van der Waals surface area (Å²) in [6, 6.07) is 58.9. The molecule has 0 amide bonds. The maximum Gasteiger partial charge on any atom is 0.205 e. The molecule has 0 saturated heterocycles. The number of hydrogen-bond acceptors (Lipinski definition) is 6. The van der Waals surface area contributed by atoms with Crippen LogP contribution in [-0.4, -0.2) is 34.6 Å². The van der Waals surface area contributed by atoms with Crippen LogP contribution < -0.4 is 9.80 Å². The van der Waals surface area contributed by atoms with Crippen LogP contribution in [0.2, 0.25) is 0 Å². The van der Waals surface area contributed by atoms with Crippen molar-refractivity contribution in [2.45, 2.75) is 115 Å². The van der Waals surface area contributed by atoms with Gasteiger partial charge < -0.3 is 9.80 Å². The molecule has 2 aromatic heterocycles. The van der Waals surface area contributed by atoms with E-state index in [0.29, 0.717) is 11.4 Å². The van der Waals surface area contributed by atoms with Gasteiger partial charge in [-0.1, -0.05) is 185 Å². The number of anilines is 2. The second-order valence-electron chi connectivity index (χ2n) is 22.5.